The van der Waals surface area contributed by atoms with Crippen LogP contribution < -0.4 is 10.1 Å². The molecule has 0 bridgehead atoms. The zero-order valence-electron chi connectivity index (χ0n) is 15.8. The highest BCUT2D eigenvalue weighted by molar-refractivity contribution is 5.99. The standard InChI is InChI=1S/C19H29NO5/c1-6-11-19(4,23-5)18(22)20-14-9-10-16(25-12-7-2)15(13-14)17(21)24-8-3/h9-10,13H,6-8,11-12H2,1-5H3,(H,20,22)/t19-/m1/s1. The summed E-state index contributed by atoms with van der Waals surface area (Å²) in [5.74, 6) is -0.289. The van der Waals surface area contributed by atoms with Gasteiger partial charge in [-0.1, -0.05) is 20.3 Å². The van der Waals surface area contributed by atoms with Crippen LogP contribution in [0.5, 0.6) is 5.75 Å². The summed E-state index contributed by atoms with van der Waals surface area (Å²) in [6, 6.07) is 4.94. The van der Waals surface area contributed by atoms with Crippen LogP contribution in [0.2, 0.25) is 0 Å². The Morgan fingerprint density at radius 3 is 2.44 bits per heavy atom. The van der Waals surface area contributed by atoms with Gasteiger partial charge in [0, 0.05) is 12.8 Å². The molecule has 0 aliphatic heterocycles. The minimum atomic E-state index is -0.920. The lowest BCUT2D eigenvalue weighted by atomic mass is 9.99. The van der Waals surface area contributed by atoms with Crippen LogP contribution in [0.15, 0.2) is 18.2 Å². The van der Waals surface area contributed by atoms with Crippen molar-refractivity contribution in [1.29, 1.82) is 0 Å². The van der Waals surface area contributed by atoms with Gasteiger partial charge in [-0.05, 0) is 44.9 Å². The minimum absolute atomic E-state index is 0.256. The van der Waals surface area contributed by atoms with Crippen LogP contribution in [0.25, 0.3) is 0 Å². The number of benzene rings is 1. The summed E-state index contributed by atoms with van der Waals surface area (Å²) >= 11 is 0. The van der Waals surface area contributed by atoms with Gasteiger partial charge in [0.05, 0.1) is 13.2 Å². The van der Waals surface area contributed by atoms with Crippen LogP contribution in [0.3, 0.4) is 0 Å². The molecular weight excluding hydrogens is 322 g/mol. The van der Waals surface area contributed by atoms with Crippen LogP contribution in [-0.4, -0.2) is 37.8 Å². The highest BCUT2D eigenvalue weighted by atomic mass is 16.5. The number of esters is 1. The fourth-order valence-electron chi connectivity index (χ4n) is 2.36. The molecule has 0 heterocycles. The number of carbonyl (C=O) groups is 2. The third kappa shape index (κ3) is 5.74. The van der Waals surface area contributed by atoms with Gasteiger partial charge in [0.15, 0.2) is 0 Å². The van der Waals surface area contributed by atoms with Crippen molar-refractivity contribution in [3.05, 3.63) is 23.8 Å². The normalized spacial score (nSPS) is 13.0. The Balaban J connectivity index is 3.06. The Bertz CT molecular complexity index is 587. The molecule has 1 atom stereocenters. The molecule has 1 aromatic rings. The predicted octanol–water partition coefficient (Wildman–Crippen LogP) is 3.80. The van der Waals surface area contributed by atoms with Crippen LogP contribution in [-0.2, 0) is 14.3 Å². The first kappa shape index (κ1) is 21.0. The molecule has 140 valence electrons. The molecule has 1 N–H and O–H groups in total. The monoisotopic (exact) mass is 351 g/mol. The van der Waals surface area contributed by atoms with E-state index in [0.717, 1.165) is 12.8 Å². The van der Waals surface area contributed by atoms with E-state index in [4.69, 9.17) is 14.2 Å². The Morgan fingerprint density at radius 2 is 1.88 bits per heavy atom. The van der Waals surface area contributed by atoms with E-state index in [1.165, 1.54) is 7.11 Å². The second-order valence-corrected chi connectivity index (χ2v) is 5.92. The lowest BCUT2D eigenvalue weighted by Gasteiger charge is -2.26. The molecule has 0 aromatic heterocycles. The largest absolute Gasteiger partial charge is 0.493 e. The Kier molecular flexibility index (Phi) is 8.41. The van der Waals surface area contributed by atoms with E-state index in [2.05, 4.69) is 5.32 Å². The maximum atomic E-state index is 12.5. The van der Waals surface area contributed by atoms with Crippen molar-refractivity contribution in [2.45, 2.75) is 52.6 Å². The second-order valence-electron chi connectivity index (χ2n) is 5.92. The van der Waals surface area contributed by atoms with Crippen molar-refractivity contribution in [3.8, 4) is 5.75 Å². The first-order valence-electron chi connectivity index (χ1n) is 8.72. The average molecular weight is 351 g/mol. The molecule has 0 aliphatic carbocycles. The molecule has 0 aliphatic rings. The van der Waals surface area contributed by atoms with Crippen molar-refractivity contribution in [1.82, 2.24) is 0 Å². The van der Waals surface area contributed by atoms with E-state index in [1.807, 2.05) is 13.8 Å². The van der Waals surface area contributed by atoms with Gasteiger partial charge in [0.1, 0.15) is 16.9 Å². The molecule has 1 amide bonds. The average Bonchev–Trinajstić information content (AvgIpc) is 2.60. The van der Waals surface area contributed by atoms with Gasteiger partial charge in [-0.15, -0.1) is 0 Å². The lowest BCUT2D eigenvalue weighted by Crippen LogP contribution is -2.41. The maximum absolute atomic E-state index is 12.5. The highest BCUT2D eigenvalue weighted by Crippen LogP contribution is 2.26. The van der Waals surface area contributed by atoms with E-state index >= 15 is 0 Å². The molecule has 1 aromatic carbocycles. The topological polar surface area (TPSA) is 73.9 Å². The van der Waals surface area contributed by atoms with E-state index in [9.17, 15) is 9.59 Å². The number of amides is 1. The van der Waals surface area contributed by atoms with Crippen LogP contribution in [0.4, 0.5) is 5.69 Å². The van der Waals surface area contributed by atoms with E-state index in [-0.39, 0.29) is 12.5 Å². The third-order valence-corrected chi connectivity index (χ3v) is 3.85. The molecule has 0 radical (unpaired) electrons. The summed E-state index contributed by atoms with van der Waals surface area (Å²) in [4.78, 5) is 24.7. The smallest absolute Gasteiger partial charge is 0.341 e. The molecule has 0 saturated carbocycles. The fourth-order valence-corrected chi connectivity index (χ4v) is 2.36. The van der Waals surface area contributed by atoms with E-state index < -0.39 is 11.6 Å². The Hall–Kier alpha value is -2.08. The highest BCUT2D eigenvalue weighted by Gasteiger charge is 2.32. The van der Waals surface area contributed by atoms with Crippen LogP contribution in [0.1, 0.15) is 57.3 Å². The fraction of sp³-hybridized carbons (Fsp3) is 0.579. The summed E-state index contributed by atoms with van der Waals surface area (Å²) in [6.07, 6.45) is 2.23. The summed E-state index contributed by atoms with van der Waals surface area (Å²) in [5, 5.41) is 2.81. The predicted molar refractivity (Wildman–Crippen MR) is 97.1 cm³/mol. The zero-order valence-corrected chi connectivity index (χ0v) is 15.8. The minimum Gasteiger partial charge on any atom is -0.493 e. The van der Waals surface area contributed by atoms with Crippen molar-refractivity contribution in [2.24, 2.45) is 0 Å². The van der Waals surface area contributed by atoms with Crippen molar-refractivity contribution >= 4 is 17.6 Å². The molecule has 6 nitrogen and oxygen atoms in total. The third-order valence-electron chi connectivity index (χ3n) is 3.85. The Morgan fingerprint density at radius 1 is 1.16 bits per heavy atom. The van der Waals surface area contributed by atoms with E-state index in [1.54, 1.807) is 32.0 Å². The number of rotatable bonds is 10. The summed E-state index contributed by atoms with van der Waals surface area (Å²) in [5.41, 5.74) is -0.130. The zero-order chi connectivity index (χ0) is 18.9. The quantitative estimate of drug-likeness (QED) is 0.649. The number of hydrogen-bond donors (Lipinski definition) is 1. The number of methoxy groups -OCH3 is 1. The van der Waals surface area contributed by atoms with Crippen molar-refractivity contribution < 1.29 is 23.8 Å². The van der Waals surface area contributed by atoms with Gasteiger partial charge in [-0.25, -0.2) is 4.79 Å². The molecule has 0 spiro atoms. The molecular formula is C19H29NO5. The van der Waals surface area contributed by atoms with Gasteiger partial charge in [0.25, 0.3) is 5.91 Å². The van der Waals surface area contributed by atoms with Gasteiger partial charge in [-0.3, -0.25) is 4.79 Å². The molecule has 6 heteroatoms. The number of carbonyl (C=O) groups excluding carboxylic acids is 2. The Labute approximate surface area is 149 Å². The van der Waals surface area contributed by atoms with Gasteiger partial charge in [-0.2, -0.15) is 0 Å². The lowest BCUT2D eigenvalue weighted by molar-refractivity contribution is -0.136. The molecule has 0 saturated heterocycles. The van der Waals surface area contributed by atoms with Crippen LogP contribution >= 0.6 is 0 Å². The molecule has 0 fully saturated rings. The van der Waals surface area contributed by atoms with Gasteiger partial charge >= 0.3 is 5.97 Å². The van der Waals surface area contributed by atoms with Gasteiger partial charge < -0.3 is 19.5 Å². The number of ether oxygens (including phenoxy) is 3. The summed E-state index contributed by atoms with van der Waals surface area (Å²) in [7, 11) is 1.51. The number of hydrogen-bond acceptors (Lipinski definition) is 5. The SMILES string of the molecule is CCCOc1ccc(NC(=O)[C@@](C)(CCC)OC)cc1C(=O)OCC. The maximum Gasteiger partial charge on any atom is 0.341 e. The van der Waals surface area contributed by atoms with Gasteiger partial charge in [0.2, 0.25) is 0 Å². The van der Waals surface area contributed by atoms with E-state index in [0.29, 0.717) is 30.0 Å². The molecule has 25 heavy (non-hydrogen) atoms. The van der Waals surface area contributed by atoms with Crippen molar-refractivity contribution in [3.63, 3.8) is 0 Å². The first-order valence-corrected chi connectivity index (χ1v) is 8.72. The molecule has 1 rings (SSSR count). The van der Waals surface area contributed by atoms with Crippen LogP contribution in [0, 0.1) is 0 Å². The second kappa shape index (κ2) is 10.0. The molecule has 0 unspecified atom stereocenters. The summed E-state index contributed by atoms with van der Waals surface area (Å²) < 4.78 is 16.1. The van der Waals surface area contributed by atoms with Crippen molar-refractivity contribution in [2.75, 3.05) is 25.6 Å². The summed E-state index contributed by atoms with van der Waals surface area (Å²) in [6.45, 7) is 8.22. The number of anilines is 1. The number of nitrogens with one attached hydrogen (secondary N) is 1. The first-order chi connectivity index (χ1) is 11.9.